The van der Waals surface area contributed by atoms with Gasteiger partial charge in [0.25, 0.3) is 0 Å². The van der Waals surface area contributed by atoms with Crippen LogP contribution in [0, 0.1) is 0 Å². The van der Waals surface area contributed by atoms with E-state index >= 15 is 0 Å². The highest BCUT2D eigenvalue weighted by atomic mass is 16.4. The fourth-order valence-electron chi connectivity index (χ4n) is 6.33. The molecule has 52 heavy (non-hydrogen) atoms. The number of carbonyl (C=O) groups excluding carboxylic acids is 5. The molecule has 2 aliphatic rings. The van der Waals surface area contributed by atoms with Gasteiger partial charge in [0.05, 0.1) is 12.6 Å². The van der Waals surface area contributed by atoms with Crippen LogP contribution in [-0.2, 0) is 41.6 Å². The number of hydrogen-bond acceptors (Lipinski definition) is 8. The summed E-state index contributed by atoms with van der Waals surface area (Å²) in [5.74, 6) is -4.02. The lowest BCUT2D eigenvalue weighted by Crippen LogP contribution is -2.58. The molecule has 2 fully saturated rings. The van der Waals surface area contributed by atoms with Gasteiger partial charge in [0.2, 0.25) is 29.5 Å². The Labute approximate surface area is 302 Å². The Morgan fingerprint density at radius 2 is 1.42 bits per heavy atom. The minimum Gasteiger partial charge on any atom is -0.480 e. The normalized spacial score (nSPS) is 18.3. The molecule has 5 atom stereocenters. The fraction of sp³-hybridized carbons (Fsp3) is 0.472. The van der Waals surface area contributed by atoms with E-state index in [4.69, 9.17) is 11.5 Å². The van der Waals surface area contributed by atoms with E-state index < -0.39 is 53.8 Å². The predicted molar refractivity (Wildman–Crippen MR) is 192 cm³/mol. The van der Waals surface area contributed by atoms with Crippen LogP contribution in [0.1, 0.15) is 49.7 Å². The Hall–Kier alpha value is -5.51. The van der Waals surface area contributed by atoms with Gasteiger partial charge in [-0.2, -0.15) is 0 Å². The van der Waals surface area contributed by atoms with Gasteiger partial charge in [0.1, 0.15) is 24.2 Å². The Morgan fingerprint density at radius 1 is 0.808 bits per heavy atom. The van der Waals surface area contributed by atoms with E-state index in [0.717, 1.165) is 13.0 Å². The van der Waals surface area contributed by atoms with Gasteiger partial charge in [0, 0.05) is 25.9 Å². The van der Waals surface area contributed by atoms with Gasteiger partial charge in [-0.15, -0.1) is 0 Å². The van der Waals surface area contributed by atoms with Crippen molar-refractivity contribution in [1.82, 2.24) is 31.5 Å². The Balaban J connectivity index is 1.47. The Morgan fingerprint density at radius 3 is 2.02 bits per heavy atom. The van der Waals surface area contributed by atoms with Crippen molar-refractivity contribution in [3.05, 3.63) is 71.8 Å². The van der Waals surface area contributed by atoms with Crippen molar-refractivity contribution in [2.45, 2.75) is 81.6 Å². The van der Waals surface area contributed by atoms with Gasteiger partial charge in [-0.1, -0.05) is 60.7 Å². The van der Waals surface area contributed by atoms with Crippen molar-refractivity contribution in [2.24, 2.45) is 16.5 Å². The molecule has 2 aliphatic heterocycles. The number of carboxylic acids is 1. The molecule has 0 radical (unpaired) electrons. The lowest BCUT2D eigenvalue weighted by atomic mass is 10.0. The lowest BCUT2D eigenvalue weighted by Gasteiger charge is -2.28. The number of aliphatic carboxylic acids is 1. The molecular formula is C36H49N9O7. The van der Waals surface area contributed by atoms with Crippen molar-refractivity contribution in [3.63, 3.8) is 0 Å². The summed E-state index contributed by atoms with van der Waals surface area (Å²) < 4.78 is 0. The molecule has 16 nitrogen and oxygen atoms in total. The van der Waals surface area contributed by atoms with Crippen LogP contribution in [0.5, 0.6) is 0 Å². The van der Waals surface area contributed by atoms with Crippen LogP contribution < -0.4 is 38.1 Å². The number of nitrogens with two attached hydrogens (primary N) is 2. The van der Waals surface area contributed by atoms with E-state index in [9.17, 15) is 33.9 Å². The second-order valence-corrected chi connectivity index (χ2v) is 13.0. The first-order valence-electron chi connectivity index (χ1n) is 17.6. The molecule has 5 amide bonds. The first-order valence-corrected chi connectivity index (χ1v) is 17.6. The molecule has 2 aromatic rings. The van der Waals surface area contributed by atoms with Gasteiger partial charge in [-0.25, -0.2) is 4.79 Å². The highest BCUT2D eigenvalue weighted by Gasteiger charge is 2.37. The summed E-state index contributed by atoms with van der Waals surface area (Å²) in [6.45, 7) is 0.944. The SMILES string of the molecule is NC(N)=NCCC[C@H](NC(=O)[C@@H]1CCCN1C(=O)CNC(=O)[C@@H]1CCCN1)C(=O)N[C@@H](Cc1ccccc1)C(=O)N[C@@H](Cc1ccccc1)C(=O)O. The molecule has 280 valence electrons. The minimum absolute atomic E-state index is 0.0230. The van der Waals surface area contributed by atoms with Crippen LogP contribution >= 0.6 is 0 Å². The second-order valence-electron chi connectivity index (χ2n) is 13.0. The maximum absolute atomic E-state index is 13.9. The van der Waals surface area contributed by atoms with E-state index in [1.165, 1.54) is 4.90 Å². The summed E-state index contributed by atoms with van der Waals surface area (Å²) in [5.41, 5.74) is 12.3. The zero-order chi connectivity index (χ0) is 37.5. The van der Waals surface area contributed by atoms with Crippen molar-refractivity contribution in [2.75, 3.05) is 26.2 Å². The molecule has 2 aromatic carbocycles. The maximum Gasteiger partial charge on any atom is 0.326 e. The number of amides is 5. The molecule has 4 rings (SSSR count). The number of hydrogen-bond donors (Lipinski definition) is 8. The van der Waals surface area contributed by atoms with Crippen molar-refractivity contribution in [3.8, 4) is 0 Å². The summed E-state index contributed by atoms with van der Waals surface area (Å²) in [4.78, 5) is 84.4. The van der Waals surface area contributed by atoms with Crippen LogP contribution in [-0.4, -0.2) is 108 Å². The number of nitrogens with one attached hydrogen (secondary N) is 5. The molecule has 0 bridgehead atoms. The molecule has 0 spiro atoms. The molecule has 0 saturated carbocycles. The average Bonchev–Trinajstić information content (AvgIpc) is 3.86. The lowest BCUT2D eigenvalue weighted by molar-refractivity contribution is -0.142. The van der Waals surface area contributed by atoms with Gasteiger partial charge >= 0.3 is 5.97 Å². The van der Waals surface area contributed by atoms with Gasteiger partial charge < -0.3 is 48.1 Å². The average molecular weight is 720 g/mol. The molecule has 2 saturated heterocycles. The zero-order valence-corrected chi connectivity index (χ0v) is 29.1. The zero-order valence-electron chi connectivity index (χ0n) is 29.1. The summed E-state index contributed by atoms with van der Waals surface area (Å²) in [6.07, 6.45) is 2.90. The van der Waals surface area contributed by atoms with Crippen molar-refractivity contribution < 1.29 is 33.9 Å². The van der Waals surface area contributed by atoms with E-state index in [2.05, 4.69) is 31.6 Å². The first kappa shape index (κ1) is 39.3. The highest BCUT2D eigenvalue weighted by molar-refractivity contribution is 5.96. The number of guanidine groups is 1. The van der Waals surface area contributed by atoms with Gasteiger partial charge in [-0.3, -0.25) is 29.0 Å². The van der Waals surface area contributed by atoms with E-state index in [-0.39, 0.29) is 50.3 Å². The standard InChI is InChI=1S/C36H49N9O7/c37-36(38)40-18-8-15-26(42-34(50)29-16-9-19-45(29)30(46)22-41-31(47)25-14-7-17-39-25)32(48)43-27(20-23-10-3-1-4-11-23)33(49)44-28(35(51)52)21-24-12-5-2-6-13-24/h1-6,10-13,25-29,39H,7-9,14-22H2,(H,41,47)(H,42,50)(H,43,48)(H,44,49)(H,51,52)(H4,37,38,40)/t25-,26-,27-,28-,29-/m0/s1. The maximum atomic E-state index is 13.9. The van der Waals surface area contributed by atoms with Crippen molar-refractivity contribution >= 4 is 41.5 Å². The Kier molecular flexibility index (Phi) is 14.9. The van der Waals surface area contributed by atoms with Gasteiger partial charge in [-0.05, 0) is 56.2 Å². The number of rotatable bonds is 18. The second kappa shape index (κ2) is 19.8. The molecule has 0 aliphatic carbocycles. The topological polar surface area (TPSA) is 250 Å². The smallest absolute Gasteiger partial charge is 0.326 e. The largest absolute Gasteiger partial charge is 0.480 e. The van der Waals surface area contributed by atoms with Crippen LogP contribution in [0.15, 0.2) is 65.7 Å². The number of nitrogens with zero attached hydrogens (tertiary/aromatic N) is 2. The van der Waals surface area contributed by atoms with Crippen LogP contribution in [0.4, 0.5) is 0 Å². The van der Waals surface area contributed by atoms with E-state index in [0.29, 0.717) is 43.4 Å². The highest BCUT2D eigenvalue weighted by Crippen LogP contribution is 2.18. The summed E-state index contributed by atoms with van der Waals surface area (Å²) in [7, 11) is 0. The molecular weight excluding hydrogens is 670 g/mol. The Bertz CT molecular complexity index is 1560. The minimum atomic E-state index is -1.27. The van der Waals surface area contributed by atoms with Crippen molar-refractivity contribution in [1.29, 1.82) is 0 Å². The number of benzene rings is 2. The third-order valence-electron chi connectivity index (χ3n) is 9.06. The third kappa shape index (κ3) is 12.1. The van der Waals surface area contributed by atoms with Gasteiger partial charge in [0.15, 0.2) is 5.96 Å². The quantitative estimate of drug-likeness (QED) is 0.0526. The molecule has 2 heterocycles. The first-order chi connectivity index (χ1) is 25.0. The van der Waals surface area contributed by atoms with Crippen LogP contribution in [0.25, 0.3) is 0 Å². The molecule has 0 aromatic heterocycles. The van der Waals surface area contributed by atoms with E-state index in [1.807, 2.05) is 0 Å². The fourth-order valence-corrected chi connectivity index (χ4v) is 6.33. The van der Waals surface area contributed by atoms with E-state index in [1.54, 1.807) is 60.7 Å². The summed E-state index contributed by atoms with van der Waals surface area (Å²) in [5, 5.41) is 23.7. The number of carbonyl (C=O) groups is 6. The van der Waals surface area contributed by atoms with Crippen LogP contribution in [0.2, 0.25) is 0 Å². The molecule has 10 N–H and O–H groups in total. The predicted octanol–water partition coefficient (Wildman–Crippen LogP) is -1.08. The summed E-state index contributed by atoms with van der Waals surface area (Å²) >= 11 is 0. The third-order valence-corrected chi connectivity index (χ3v) is 9.06. The molecule has 16 heteroatoms. The molecule has 0 unspecified atom stereocenters. The number of aliphatic imine (C=N–C) groups is 1. The van der Waals surface area contributed by atoms with Crippen LogP contribution in [0.3, 0.4) is 0 Å². The number of carboxylic acid groups (broad SMARTS) is 1. The number of likely N-dealkylation sites (tertiary alicyclic amines) is 1. The summed E-state index contributed by atoms with van der Waals surface area (Å²) in [6, 6.07) is 12.9. The monoisotopic (exact) mass is 719 g/mol.